The molecule has 0 fully saturated rings. The van der Waals surface area contributed by atoms with E-state index in [9.17, 15) is 5.11 Å². The molecule has 112 valence electrons. The van der Waals surface area contributed by atoms with Crippen molar-refractivity contribution >= 4 is 57.5 Å². The van der Waals surface area contributed by atoms with E-state index in [1.807, 2.05) is 37.3 Å². The second-order valence-corrected chi connectivity index (χ2v) is 7.19. The van der Waals surface area contributed by atoms with Crippen LogP contribution in [0.25, 0.3) is 6.08 Å². The first-order valence-corrected chi connectivity index (χ1v) is 8.63. The topological polar surface area (TPSA) is 49.9 Å². The molecule has 0 atom stereocenters. The second kappa shape index (κ2) is 6.28. The van der Waals surface area contributed by atoms with Gasteiger partial charge in [-0.2, -0.15) is 5.10 Å². The van der Waals surface area contributed by atoms with Crippen LogP contribution in [-0.2, 0) is 6.54 Å². The minimum Gasteiger partial charge on any atom is -0.493 e. The Labute approximate surface area is 145 Å². The lowest BCUT2D eigenvalue weighted by atomic mass is 10.0. The van der Waals surface area contributed by atoms with Gasteiger partial charge in [0.2, 0.25) is 5.88 Å². The number of aromatic hydroxyl groups is 1. The predicted octanol–water partition coefficient (Wildman–Crippen LogP) is 4.64. The fourth-order valence-electron chi connectivity index (χ4n) is 2.13. The molecule has 1 aromatic carbocycles. The van der Waals surface area contributed by atoms with Crippen LogP contribution in [0.15, 0.2) is 44.5 Å². The number of nitrogens with zero attached hydrogens (tertiary/aromatic N) is 3. The lowest BCUT2D eigenvalue weighted by molar-refractivity contribution is 0.419. The molecule has 0 radical (unpaired) electrons. The normalized spacial score (nSPS) is 15.5. The molecule has 0 spiro atoms. The maximum Gasteiger partial charge on any atom is 0.210 e. The van der Waals surface area contributed by atoms with Gasteiger partial charge < -0.3 is 5.11 Å². The molecule has 2 heterocycles. The van der Waals surface area contributed by atoms with Crippen molar-refractivity contribution in [2.24, 2.45) is 10.2 Å². The molecule has 4 nitrogen and oxygen atoms in total. The zero-order valence-electron chi connectivity index (χ0n) is 11.7. The van der Waals surface area contributed by atoms with E-state index < -0.39 is 0 Å². The minimum absolute atomic E-state index is 0.195. The summed E-state index contributed by atoms with van der Waals surface area (Å²) in [6, 6.07) is 7.88. The van der Waals surface area contributed by atoms with Gasteiger partial charge in [0, 0.05) is 22.2 Å². The van der Waals surface area contributed by atoms with Gasteiger partial charge in [0.15, 0.2) is 3.95 Å². The van der Waals surface area contributed by atoms with E-state index >= 15 is 0 Å². The fourth-order valence-corrected chi connectivity index (χ4v) is 3.78. The van der Waals surface area contributed by atoms with Crippen LogP contribution in [0.1, 0.15) is 17.4 Å². The average molecular weight is 394 g/mol. The SMILES string of the molecule is CCn1c(O)c(/C=C2\C=NN=C2c2ccc(Br)cc2)sc1=S. The minimum atomic E-state index is 0.195. The molecule has 0 saturated carbocycles. The summed E-state index contributed by atoms with van der Waals surface area (Å²) >= 11 is 10.1. The number of hydrogen-bond acceptors (Lipinski definition) is 5. The van der Waals surface area contributed by atoms with E-state index in [2.05, 4.69) is 26.1 Å². The average Bonchev–Trinajstić information content (AvgIpc) is 3.06. The highest BCUT2D eigenvalue weighted by atomic mass is 79.9. The summed E-state index contributed by atoms with van der Waals surface area (Å²) < 4.78 is 3.37. The summed E-state index contributed by atoms with van der Waals surface area (Å²) in [6.07, 6.45) is 3.56. The van der Waals surface area contributed by atoms with E-state index in [1.54, 1.807) is 10.8 Å². The van der Waals surface area contributed by atoms with Gasteiger partial charge in [0.05, 0.1) is 11.1 Å². The first-order chi connectivity index (χ1) is 10.6. The van der Waals surface area contributed by atoms with Crippen LogP contribution in [0.2, 0.25) is 0 Å². The number of rotatable bonds is 3. The number of allylic oxidation sites excluding steroid dienone is 1. The van der Waals surface area contributed by atoms with E-state index in [-0.39, 0.29) is 5.88 Å². The second-order valence-electron chi connectivity index (χ2n) is 4.60. The number of halogens is 1. The Balaban J connectivity index is 2.01. The van der Waals surface area contributed by atoms with Crippen LogP contribution in [0.4, 0.5) is 0 Å². The molecule has 1 aromatic heterocycles. The van der Waals surface area contributed by atoms with E-state index in [4.69, 9.17) is 12.2 Å². The Morgan fingerprint density at radius 2 is 2.09 bits per heavy atom. The van der Waals surface area contributed by atoms with Crippen molar-refractivity contribution in [2.45, 2.75) is 13.5 Å². The molecule has 0 unspecified atom stereocenters. The molecule has 1 aliphatic rings. The molecule has 1 N–H and O–H groups in total. The lowest BCUT2D eigenvalue weighted by Gasteiger charge is -2.03. The number of thiazole rings is 1. The number of hydrogen-bond donors (Lipinski definition) is 1. The van der Waals surface area contributed by atoms with Crippen molar-refractivity contribution in [3.05, 3.63) is 48.7 Å². The third kappa shape index (κ3) is 2.84. The summed E-state index contributed by atoms with van der Waals surface area (Å²) in [6.45, 7) is 2.59. The van der Waals surface area contributed by atoms with Crippen LogP contribution in [-0.4, -0.2) is 21.6 Å². The van der Waals surface area contributed by atoms with Crippen LogP contribution in [0.3, 0.4) is 0 Å². The Morgan fingerprint density at radius 1 is 1.36 bits per heavy atom. The molecule has 7 heteroatoms. The summed E-state index contributed by atoms with van der Waals surface area (Å²) in [7, 11) is 0. The molecule has 1 aliphatic heterocycles. The van der Waals surface area contributed by atoms with Crippen LogP contribution in [0, 0.1) is 3.95 Å². The van der Waals surface area contributed by atoms with Crippen LogP contribution >= 0.6 is 39.5 Å². The summed E-state index contributed by atoms with van der Waals surface area (Å²) in [5.41, 5.74) is 2.62. The van der Waals surface area contributed by atoms with Gasteiger partial charge in [-0.25, -0.2) is 0 Å². The fraction of sp³-hybridized carbons (Fsp3) is 0.133. The maximum atomic E-state index is 10.2. The van der Waals surface area contributed by atoms with Gasteiger partial charge in [-0.1, -0.05) is 28.1 Å². The molecule has 0 saturated heterocycles. The highest BCUT2D eigenvalue weighted by Gasteiger charge is 2.16. The first-order valence-electron chi connectivity index (χ1n) is 6.61. The van der Waals surface area contributed by atoms with Crippen molar-refractivity contribution in [2.75, 3.05) is 0 Å². The van der Waals surface area contributed by atoms with Gasteiger partial charge in [0.1, 0.15) is 5.71 Å². The van der Waals surface area contributed by atoms with Crippen molar-refractivity contribution in [1.29, 1.82) is 0 Å². The molecule has 2 aromatic rings. The first kappa shape index (κ1) is 15.3. The zero-order valence-corrected chi connectivity index (χ0v) is 14.9. The molecular formula is C15H12BrN3OS2. The van der Waals surface area contributed by atoms with Gasteiger partial charge in [-0.3, -0.25) is 4.57 Å². The van der Waals surface area contributed by atoms with Crippen LogP contribution < -0.4 is 0 Å². The van der Waals surface area contributed by atoms with E-state index in [1.165, 1.54) is 11.3 Å². The molecular weight excluding hydrogens is 382 g/mol. The summed E-state index contributed by atoms with van der Waals surface area (Å²) in [5, 5.41) is 18.4. The number of aromatic nitrogens is 1. The van der Waals surface area contributed by atoms with Crippen molar-refractivity contribution < 1.29 is 5.11 Å². The van der Waals surface area contributed by atoms with Gasteiger partial charge in [0.25, 0.3) is 0 Å². The molecule has 0 aliphatic carbocycles. The third-order valence-electron chi connectivity index (χ3n) is 3.24. The third-order valence-corrected chi connectivity index (χ3v) is 5.16. The standard InChI is InChI=1S/C15H12BrN3OS2/c1-2-19-14(20)12(22-15(19)21)7-10-8-17-18-13(10)9-3-5-11(16)6-4-9/h3-8,20H,2H2,1H3/b10-7+. The Hall–Kier alpha value is -1.57. The predicted molar refractivity (Wildman–Crippen MR) is 97.6 cm³/mol. The summed E-state index contributed by atoms with van der Waals surface area (Å²) in [5.74, 6) is 0.195. The quantitative estimate of drug-likeness (QED) is 0.772. The molecule has 3 rings (SSSR count). The van der Waals surface area contributed by atoms with Crippen LogP contribution in [0.5, 0.6) is 5.88 Å². The molecule has 22 heavy (non-hydrogen) atoms. The Kier molecular flexibility index (Phi) is 4.37. The monoisotopic (exact) mass is 393 g/mol. The van der Waals surface area contributed by atoms with Crippen molar-refractivity contribution in [3.63, 3.8) is 0 Å². The Bertz CT molecular complexity index is 860. The smallest absolute Gasteiger partial charge is 0.210 e. The highest BCUT2D eigenvalue weighted by molar-refractivity contribution is 9.10. The van der Waals surface area contributed by atoms with E-state index in [0.717, 1.165) is 26.2 Å². The highest BCUT2D eigenvalue weighted by Crippen LogP contribution is 2.29. The lowest BCUT2D eigenvalue weighted by Crippen LogP contribution is -2.02. The van der Waals surface area contributed by atoms with Gasteiger partial charge >= 0.3 is 0 Å². The number of benzene rings is 1. The van der Waals surface area contributed by atoms with Gasteiger partial charge in [-0.15, -0.1) is 16.4 Å². The summed E-state index contributed by atoms with van der Waals surface area (Å²) in [4.78, 5) is 0.722. The Morgan fingerprint density at radius 3 is 2.73 bits per heavy atom. The molecule has 0 bridgehead atoms. The van der Waals surface area contributed by atoms with Crippen molar-refractivity contribution in [3.8, 4) is 5.88 Å². The largest absolute Gasteiger partial charge is 0.493 e. The molecule has 0 amide bonds. The maximum absolute atomic E-state index is 10.2. The van der Waals surface area contributed by atoms with Gasteiger partial charge in [-0.05, 0) is 37.4 Å². The van der Waals surface area contributed by atoms with Crippen molar-refractivity contribution in [1.82, 2.24) is 4.57 Å². The zero-order chi connectivity index (χ0) is 15.7. The van der Waals surface area contributed by atoms with E-state index in [0.29, 0.717) is 10.5 Å².